The zero-order chi connectivity index (χ0) is 21.6. The Morgan fingerprint density at radius 1 is 1.06 bits per heavy atom. The Balaban J connectivity index is 0.00000259. The highest BCUT2D eigenvalue weighted by Crippen LogP contribution is 2.33. The van der Waals surface area contributed by atoms with Crippen LogP contribution in [0.3, 0.4) is 0 Å². The highest BCUT2D eigenvalue weighted by atomic mass is 127. The van der Waals surface area contributed by atoms with Gasteiger partial charge in [-0.05, 0) is 69.0 Å². The average Bonchev–Trinajstić information content (AvgIpc) is 3.72. The Kier molecular flexibility index (Phi) is 9.37. The van der Waals surface area contributed by atoms with Gasteiger partial charge in [-0.1, -0.05) is 0 Å². The fourth-order valence-electron chi connectivity index (χ4n) is 4.44. The lowest BCUT2D eigenvalue weighted by Crippen LogP contribution is -2.33. The lowest BCUT2D eigenvalue weighted by atomic mass is 10.1. The van der Waals surface area contributed by atoms with E-state index in [1.54, 1.807) is 0 Å². The van der Waals surface area contributed by atoms with Crippen molar-refractivity contribution in [1.82, 2.24) is 10.2 Å². The van der Waals surface area contributed by atoms with Crippen LogP contribution in [0.2, 0.25) is 0 Å². The van der Waals surface area contributed by atoms with Crippen molar-refractivity contribution in [3.63, 3.8) is 0 Å². The number of hydrogen-bond acceptors (Lipinski definition) is 5. The minimum Gasteiger partial charge on any atom is -0.490 e. The normalized spacial score (nSPS) is 23.0. The molecule has 2 aliphatic heterocycles. The molecule has 33 heavy (non-hydrogen) atoms. The average molecular weight is 571 g/mol. The number of ether oxygens (including phenoxy) is 3. The summed E-state index contributed by atoms with van der Waals surface area (Å²) in [5, 5.41) is 7.00. The minimum absolute atomic E-state index is 0. The smallest absolute Gasteiger partial charge is 0.195 e. The molecule has 0 aromatic heterocycles. The zero-order valence-electron chi connectivity index (χ0n) is 19.6. The predicted octanol–water partition coefficient (Wildman–Crippen LogP) is 4.12. The highest BCUT2D eigenvalue weighted by Gasteiger charge is 2.34. The number of benzene rings is 1. The summed E-state index contributed by atoms with van der Waals surface area (Å²) in [6.45, 7) is 7.27. The van der Waals surface area contributed by atoms with Crippen LogP contribution in [0, 0.1) is 11.8 Å². The molecule has 0 bridgehead atoms. The Hall–Kier alpha value is -1.26. The lowest BCUT2D eigenvalue weighted by Gasteiger charge is -2.16. The van der Waals surface area contributed by atoms with Gasteiger partial charge in [0.1, 0.15) is 0 Å². The molecule has 2 N–H and O–H groups in total. The second-order valence-electron chi connectivity index (χ2n) is 9.71. The second kappa shape index (κ2) is 12.4. The number of guanidine groups is 1. The highest BCUT2D eigenvalue weighted by molar-refractivity contribution is 14.0. The summed E-state index contributed by atoms with van der Waals surface area (Å²) in [5.41, 5.74) is 0.969. The van der Waals surface area contributed by atoms with E-state index in [9.17, 15) is 0 Å². The Morgan fingerprint density at radius 2 is 1.91 bits per heavy atom. The van der Waals surface area contributed by atoms with Gasteiger partial charge in [-0.25, -0.2) is 0 Å². The molecule has 1 atom stereocenters. The maximum absolute atomic E-state index is 5.85. The molecular weight excluding hydrogens is 531 g/mol. The summed E-state index contributed by atoms with van der Waals surface area (Å²) >= 11 is 0. The maximum atomic E-state index is 5.85. The first-order chi connectivity index (χ1) is 15.8. The number of hydrogen-bond donors (Lipinski definition) is 2. The van der Waals surface area contributed by atoms with Gasteiger partial charge >= 0.3 is 0 Å². The zero-order valence-corrected chi connectivity index (χ0v) is 21.9. The van der Waals surface area contributed by atoms with E-state index >= 15 is 0 Å². The first kappa shape index (κ1) is 24.9. The quantitative estimate of drug-likeness (QED) is 0.191. The third kappa shape index (κ3) is 7.89. The van der Waals surface area contributed by atoms with Crippen molar-refractivity contribution in [2.75, 3.05) is 57.9 Å². The fraction of sp³-hybridized carbons (Fsp3) is 0.720. The molecule has 2 saturated carbocycles. The van der Waals surface area contributed by atoms with Crippen molar-refractivity contribution in [1.29, 1.82) is 0 Å². The third-order valence-corrected chi connectivity index (χ3v) is 6.71. The summed E-state index contributed by atoms with van der Waals surface area (Å²) in [7, 11) is 0. The molecule has 2 heterocycles. The van der Waals surface area contributed by atoms with E-state index in [1.807, 2.05) is 18.2 Å². The Morgan fingerprint density at radius 3 is 2.73 bits per heavy atom. The van der Waals surface area contributed by atoms with E-state index < -0.39 is 0 Å². The summed E-state index contributed by atoms with van der Waals surface area (Å²) < 4.78 is 17.4. The lowest BCUT2D eigenvalue weighted by molar-refractivity contribution is 0.123. The van der Waals surface area contributed by atoms with Crippen LogP contribution in [0.5, 0.6) is 11.5 Å². The molecule has 0 spiro atoms. The van der Waals surface area contributed by atoms with Gasteiger partial charge in [0.05, 0.1) is 13.2 Å². The van der Waals surface area contributed by atoms with Crippen molar-refractivity contribution < 1.29 is 14.2 Å². The van der Waals surface area contributed by atoms with Crippen LogP contribution in [0.25, 0.3) is 0 Å². The molecule has 3 fully saturated rings. The number of aliphatic imine (C=N–C) groups is 1. The van der Waals surface area contributed by atoms with Crippen molar-refractivity contribution >= 4 is 35.6 Å². The first-order valence-corrected chi connectivity index (χ1v) is 12.6. The molecule has 184 valence electrons. The van der Waals surface area contributed by atoms with Gasteiger partial charge in [0.2, 0.25) is 0 Å². The molecule has 5 rings (SSSR count). The van der Waals surface area contributed by atoms with Gasteiger partial charge in [-0.3, -0.25) is 4.99 Å². The molecule has 8 heteroatoms. The van der Waals surface area contributed by atoms with Crippen LogP contribution in [0.4, 0.5) is 5.69 Å². The number of likely N-dealkylation sites (tertiary alicyclic amines) is 1. The molecular formula is C25H39IN4O3. The molecule has 2 aliphatic carbocycles. The van der Waals surface area contributed by atoms with E-state index in [2.05, 4.69) is 15.5 Å². The van der Waals surface area contributed by atoms with Crippen molar-refractivity contribution in [3.05, 3.63) is 18.2 Å². The SMILES string of the molecule is I.c1cc2c(cc1NC(=NCC1CCN(C3CC3)C1)NCCCOCC1CC1)OCCCO2. The molecule has 0 radical (unpaired) electrons. The van der Waals surface area contributed by atoms with Gasteiger partial charge in [-0.2, -0.15) is 0 Å². The second-order valence-corrected chi connectivity index (χ2v) is 9.71. The summed E-state index contributed by atoms with van der Waals surface area (Å²) in [5.74, 6) is 3.93. The molecule has 4 aliphatic rings. The van der Waals surface area contributed by atoms with E-state index in [4.69, 9.17) is 19.2 Å². The van der Waals surface area contributed by atoms with E-state index in [0.29, 0.717) is 19.1 Å². The van der Waals surface area contributed by atoms with Crippen LogP contribution in [0.1, 0.15) is 44.9 Å². The van der Waals surface area contributed by atoms with E-state index in [1.165, 1.54) is 45.2 Å². The van der Waals surface area contributed by atoms with Crippen LogP contribution < -0.4 is 20.1 Å². The standard InChI is InChI=1S/C25H38N4O3.HI/c1(12-30-18-19-3-4-19)10-26-25(27-16-20-9-11-29(17-20)22-6-7-22)28-21-5-8-23-24(15-21)32-14-2-13-31-23;/h5,8,15,19-20,22H,1-4,6-7,9-14,16-18H2,(H2,26,27,28);1H. The van der Waals surface area contributed by atoms with Gasteiger partial charge in [0, 0.05) is 57.1 Å². The number of fused-ring (bicyclic) bond motifs is 1. The summed E-state index contributed by atoms with van der Waals surface area (Å²) in [4.78, 5) is 7.61. The van der Waals surface area contributed by atoms with Crippen molar-refractivity contribution in [2.45, 2.75) is 51.0 Å². The third-order valence-electron chi connectivity index (χ3n) is 6.71. The Labute approximate surface area is 215 Å². The van der Waals surface area contributed by atoms with Crippen LogP contribution in [-0.2, 0) is 4.74 Å². The molecule has 1 aromatic carbocycles. The maximum Gasteiger partial charge on any atom is 0.195 e. The number of rotatable bonds is 10. The van der Waals surface area contributed by atoms with Crippen molar-refractivity contribution in [3.8, 4) is 11.5 Å². The monoisotopic (exact) mass is 570 g/mol. The summed E-state index contributed by atoms with van der Waals surface area (Å²) in [6.07, 6.45) is 8.60. The van der Waals surface area contributed by atoms with Crippen LogP contribution in [0.15, 0.2) is 23.2 Å². The number of halogens is 1. The number of anilines is 1. The molecule has 1 unspecified atom stereocenters. The number of nitrogens with one attached hydrogen (secondary N) is 2. The Bertz CT molecular complexity index is 785. The summed E-state index contributed by atoms with van der Waals surface area (Å²) in [6, 6.07) is 6.89. The van der Waals surface area contributed by atoms with Gasteiger partial charge in [-0.15, -0.1) is 24.0 Å². The van der Waals surface area contributed by atoms with E-state index in [-0.39, 0.29) is 24.0 Å². The van der Waals surface area contributed by atoms with Crippen LogP contribution >= 0.6 is 24.0 Å². The van der Waals surface area contributed by atoms with Gasteiger partial charge in [0.15, 0.2) is 17.5 Å². The molecule has 1 saturated heterocycles. The first-order valence-electron chi connectivity index (χ1n) is 12.6. The van der Waals surface area contributed by atoms with Crippen molar-refractivity contribution in [2.24, 2.45) is 16.8 Å². The van der Waals surface area contributed by atoms with Gasteiger partial charge < -0.3 is 29.7 Å². The van der Waals surface area contributed by atoms with Crippen LogP contribution in [-0.4, -0.2) is 69.5 Å². The largest absolute Gasteiger partial charge is 0.490 e. The topological polar surface area (TPSA) is 67.4 Å². The molecule has 7 nitrogen and oxygen atoms in total. The predicted molar refractivity (Wildman–Crippen MR) is 142 cm³/mol. The minimum atomic E-state index is 0. The molecule has 0 amide bonds. The van der Waals surface area contributed by atoms with E-state index in [0.717, 1.165) is 74.3 Å². The van der Waals surface area contributed by atoms with Gasteiger partial charge in [0.25, 0.3) is 0 Å². The number of nitrogens with zero attached hydrogens (tertiary/aromatic N) is 2. The molecule has 1 aromatic rings. The fourth-order valence-corrected chi connectivity index (χ4v) is 4.44.